The van der Waals surface area contributed by atoms with E-state index in [1.807, 2.05) is 0 Å². The first kappa shape index (κ1) is 11.2. The molecule has 0 saturated carbocycles. The molecule has 16 heavy (non-hydrogen) atoms. The molecular weight excluding hydrogens is 251 g/mol. The molecule has 0 amide bonds. The Morgan fingerprint density at radius 3 is 2.62 bits per heavy atom. The molecule has 0 aliphatic rings. The lowest BCUT2D eigenvalue weighted by molar-refractivity contribution is 0.684. The lowest BCUT2D eigenvalue weighted by Crippen LogP contribution is -2.34. The fourth-order valence-electron chi connectivity index (χ4n) is 1.59. The summed E-state index contributed by atoms with van der Waals surface area (Å²) in [5.74, 6) is 0. The van der Waals surface area contributed by atoms with Crippen molar-refractivity contribution in [1.82, 2.24) is 9.55 Å². The van der Waals surface area contributed by atoms with Crippen LogP contribution in [0.25, 0.3) is 10.9 Å². The topological polar surface area (TPSA) is 54.9 Å². The summed E-state index contributed by atoms with van der Waals surface area (Å²) in [5.41, 5.74) is -0.501. The van der Waals surface area contributed by atoms with Gasteiger partial charge in [-0.25, -0.2) is 4.79 Å². The fourth-order valence-corrected chi connectivity index (χ4v) is 2.16. The molecule has 6 heteroatoms. The van der Waals surface area contributed by atoms with E-state index in [1.54, 1.807) is 6.92 Å². The maximum atomic E-state index is 11.9. The smallest absolute Gasteiger partial charge is 0.307 e. The standard InChI is InChI=1S/C10H8Cl2N2O2/c1-2-14-9(15)8-6(12)3-5(11)4-7(8)13-10(14)16/h3-4H,2H2,1H3,(H,13,16). The quantitative estimate of drug-likeness (QED) is 0.851. The zero-order valence-corrected chi connectivity index (χ0v) is 9.89. The molecule has 1 heterocycles. The van der Waals surface area contributed by atoms with E-state index in [2.05, 4.69) is 4.98 Å². The van der Waals surface area contributed by atoms with Crippen LogP contribution in [0.1, 0.15) is 6.92 Å². The van der Waals surface area contributed by atoms with Gasteiger partial charge in [0.25, 0.3) is 5.56 Å². The summed E-state index contributed by atoms with van der Waals surface area (Å²) in [6.45, 7) is 2.01. The highest BCUT2D eigenvalue weighted by Crippen LogP contribution is 2.23. The average molecular weight is 259 g/mol. The van der Waals surface area contributed by atoms with Crippen LogP contribution in [0.3, 0.4) is 0 Å². The molecular formula is C10H8Cl2N2O2. The van der Waals surface area contributed by atoms with Crippen LogP contribution in [-0.2, 0) is 6.54 Å². The molecule has 0 saturated heterocycles. The van der Waals surface area contributed by atoms with Gasteiger partial charge >= 0.3 is 5.69 Å². The van der Waals surface area contributed by atoms with Crippen LogP contribution in [-0.4, -0.2) is 9.55 Å². The van der Waals surface area contributed by atoms with Gasteiger partial charge in [-0.2, -0.15) is 0 Å². The third-order valence-electron chi connectivity index (χ3n) is 2.32. The van der Waals surface area contributed by atoms with E-state index in [0.717, 1.165) is 4.57 Å². The second kappa shape index (κ2) is 3.96. The van der Waals surface area contributed by atoms with E-state index < -0.39 is 11.2 Å². The minimum absolute atomic E-state index is 0.242. The highest BCUT2D eigenvalue weighted by molar-refractivity contribution is 6.38. The van der Waals surface area contributed by atoms with E-state index in [9.17, 15) is 9.59 Å². The van der Waals surface area contributed by atoms with Gasteiger partial charge in [0.05, 0.1) is 15.9 Å². The summed E-state index contributed by atoms with van der Waals surface area (Å²) < 4.78 is 1.09. The zero-order valence-electron chi connectivity index (χ0n) is 8.38. The third kappa shape index (κ3) is 1.64. The van der Waals surface area contributed by atoms with Crippen LogP contribution in [0.15, 0.2) is 21.7 Å². The maximum absolute atomic E-state index is 11.9. The second-order valence-corrected chi connectivity index (χ2v) is 4.13. The molecule has 0 aliphatic heterocycles. The number of aromatic amines is 1. The van der Waals surface area contributed by atoms with E-state index in [-0.39, 0.29) is 10.4 Å². The van der Waals surface area contributed by atoms with Crippen molar-refractivity contribution >= 4 is 34.1 Å². The predicted molar refractivity (Wildman–Crippen MR) is 64.5 cm³/mol. The number of fused-ring (bicyclic) bond motifs is 1. The summed E-state index contributed by atoms with van der Waals surface area (Å²) in [4.78, 5) is 26.0. The van der Waals surface area contributed by atoms with Crippen molar-refractivity contribution in [2.24, 2.45) is 0 Å². The van der Waals surface area contributed by atoms with E-state index in [0.29, 0.717) is 17.1 Å². The Morgan fingerprint density at radius 1 is 1.31 bits per heavy atom. The Bertz CT molecular complexity index is 673. The highest BCUT2D eigenvalue weighted by atomic mass is 35.5. The number of nitrogens with zero attached hydrogens (tertiary/aromatic N) is 1. The summed E-state index contributed by atoms with van der Waals surface area (Å²) in [5, 5.41) is 0.903. The van der Waals surface area contributed by atoms with Crippen LogP contribution in [0, 0.1) is 0 Å². The van der Waals surface area contributed by atoms with Gasteiger partial charge in [0, 0.05) is 11.6 Å². The Hall–Kier alpha value is -1.26. The lowest BCUT2D eigenvalue weighted by Gasteiger charge is -2.05. The van der Waals surface area contributed by atoms with Gasteiger partial charge in [0.1, 0.15) is 0 Å². The van der Waals surface area contributed by atoms with Gasteiger partial charge in [0.15, 0.2) is 0 Å². The van der Waals surface area contributed by atoms with Crippen LogP contribution in [0.5, 0.6) is 0 Å². The molecule has 2 aromatic rings. The van der Waals surface area contributed by atoms with Gasteiger partial charge in [0.2, 0.25) is 0 Å². The number of H-pyrrole nitrogens is 1. The fraction of sp³-hybridized carbons (Fsp3) is 0.200. The number of hydrogen-bond donors (Lipinski definition) is 1. The van der Waals surface area contributed by atoms with E-state index in [1.165, 1.54) is 12.1 Å². The molecule has 0 radical (unpaired) electrons. The van der Waals surface area contributed by atoms with E-state index >= 15 is 0 Å². The monoisotopic (exact) mass is 258 g/mol. The Morgan fingerprint density at radius 2 is 2.00 bits per heavy atom. The Kier molecular flexibility index (Phi) is 2.78. The van der Waals surface area contributed by atoms with Crippen LogP contribution < -0.4 is 11.2 Å². The molecule has 4 nitrogen and oxygen atoms in total. The predicted octanol–water partition coefficient (Wildman–Crippen LogP) is 2.02. The van der Waals surface area contributed by atoms with Crippen molar-refractivity contribution < 1.29 is 0 Å². The van der Waals surface area contributed by atoms with Gasteiger partial charge in [-0.1, -0.05) is 23.2 Å². The number of rotatable bonds is 1. The van der Waals surface area contributed by atoms with Crippen molar-refractivity contribution in [3.05, 3.63) is 43.0 Å². The van der Waals surface area contributed by atoms with Crippen molar-refractivity contribution in [2.75, 3.05) is 0 Å². The Balaban J connectivity index is 3.06. The van der Waals surface area contributed by atoms with E-state index in [4.69, 9.17) is 23.2 Å². The molecule has 0 unspecified atom stereocenters. The SMILES string of the molecule is CCn1c(=O)[nH]c2cc(Cl)cc(Cl)c2c1=O. The first-order valence-electron chi connectivity index (χ1n) is 4.66. The van der Waals surface area contributed by atoms with Crippen LogP contribution in [0.2, 0.25) is 10.0 Å². The third-order valence-corrected chi connectivity index (χ3v) is 2.83. The highest BCUT2D eigenvalue weighted by Gasteiger charge is 2.10. The van der Waals surface area contributed by atoms with Crippen molar-refractivity contribution in [1.29, 1.82) is 0 Å². The largest absolute Gasteiger partial charge is 0.328 e. The molecule has 1 aromatic heterocycles. The van der Waals surface area contributed by atoms with Crippen molar-refractivity contribution in [3.8, 4) is 0 Å². The molecule has 84 valence electrons. The molecule has 0 aliphatic carbocycles. The average Bonchev–Trinajstić information content (AvgIpc) is 2.15. The molecule has 1 aromatic carbocycles. The van der Waals surface area contributed by atoms with Gasteiger partial charge in [-0.15, -0.1) is 0 Å². The van der Waals surface area contributed by atoms with Crippen molar-refractivity contribution in [3.63, 3.8) is 0 Å². The van der Waals surface area contributed by atoms with Gasteiger partial charge in [-0.3, -0.25) is 9.36 Å². The molecule has 2 rings (SSSR count). The second-order valence-electron chi connectivity index (χ2n) is 3.29. The minimum atomic E-state index is -0.460. The first-order valence-corrected chi connectivity index (χ1v) is 5.42. The van der Waals surface area contributed by atoms with Crippen molar-refractivity contribution in [2.45, 2.75) is 13.5 Å². The summed E-state index contributed by atoms with van der Waals surface area (Å²) in [7, 11) is 0. The lowest BCUT2D eigenvalue weighted by atomic mass is 10.2. The van der Waals surface area contributed by atoms with Gasteiger partial charge in [-0.05, 0) is 19.1 Å². The number of hydrogen-bond acceptors (Lipinski definition) is 2. The normalized spacial score (nSPS) is 10.9. The number of nitrogens with one attached hydrogen (secondary N) is 1. The molecule has 1 N–H and O–H groups in total. The van der Waals surface area contributed by atoms with Crippen LogP contribution in [0.4, 0.5) is 0 Å². The zero-order chi connectivity index (χ0) is 11.9. The molecule has 0 fully saturated rings. The molecule has 0 bridgehead atoms. The number of aromatic nitrogens is 2. The van der Waals surface area contributed by atoms with Crippen LogP contribution >= 0.6 is 23.2 Å². The number of halogens is 2. The molecule has 0 spiro atoms. The Labute approximate surface area is 100 Å². The summed E-state index contributed by atoms with van der Waals surface area (Å²) in [6.07, 6.45) is 0. The summed E-state index contributed by atoms with van der Waals surface area (Å²) >= 11 is 11.7. The summed E-state index contributed by atoms with van der Waals surface area (Å²) in [6, 6.07) is 2.98. The first-order chi connectivity index (χ1) is 7.54. The van der Waals surface area contributed by atoms with Gasteiger partial charge < -0.3 is 4.98 Å². The maximum Gasteiger partial charge on any atom is 0.328 e. The molecule has 0 atom stereocenters. The number of benzene rings is 1. The minimum Gasteiger partial charge on any atom is -0.307 e.